The Bertz CT molecular complexity index is 408. The molecule has 3 N–H and O–H groups in total. The van der Waals surface area contributed by atoms with E-state index in [4.69, 9.17) is 18.0 Å². The van der Waals surface area contributed by atoms with Crippen LogP contribution in [0, 0.1) is 5.92 Å². The van der Waals surface area contributed by atoms with Crippen molar-refractivity contribution < 1.29 is 4.79 Å². The second kappa shape index (κ2) is 7.06. The van der Waals surface area contributed by atoms with E-state index in [0.29, 0.717) is 6.42 Å². The van der Waals surface area contributed by atoms with Crippen molar-refractivity contribution in [3.05, 3.63) is 30.1 Å². The fraction of sp³-hybridized carbons (Fsp3) is 0.462. The molecule has 0 aliphatic rings. The molecule has 2 atom stereocenters. The highest BCUT2D eigenvalue weighted by atomic mass is 32.1. The van der Waals surface area contributed by atoms with Gasteiger partial charge >= 0.3 is 0 Å². The van der Waals surface area contributed by atoms with Gasteiger partial charge in [0.15, 0.2) is 0 Å². The van der Waals surface area contributed by atoms with Gasteiger partial charge in [0.1, 0.15) is 0 Å². The molecule has 0 radical (unpaired) electrons. The van der Waals surface area contributed by atoms with E-state index in [2.05, 4.69) is 10.3 Å². The van der Waals surface area contributed by atoms with Crippen molar-refractivity contribution in [2.24, 2.45) is 11.7 Å². The number of thiocarbonyl (C=S) groups is 1. The lowest BCUT2D eigenvalue weighted by molar-refractivity contribution is -0.123. The smallest absolute Gasteiger partial charge is 0.230 e. The molecule has 0 fully saturated rings. The Morgan fingerprint density at radius 1 is 1.56 bits per heavy atom. The van der Waals surface area contributed by atoms with Gasteiger partial charge in [-0.25, -0.2) is 0 Å². The van der Waals surface area contributed by atoms with Gasteiger partial charge in [0.25, 0.3) is 0 Å². The summed E-state index contributed by atoms with van der Waals surface area (Å²) >= 11 is 4.93. The van der Waals surface area contributed by atoms with E-state index in [-0.39, 0.29) is 16.9 Å². The quantitative estimate of drug-likeness (QED) is 0.772. The third kappa shape index (κ3) is 4.07. The van der Waals surface area contributed by atoms with E-state index >= 15 is 0 Å². The number of carbonyl (C=O) groups excluding carboxylic acids is 1. The first-order valence-corrected chi connectivity index (χ1v) is 6.47. The van der Waals surface area contributed by atoms with Crippen LogP contribution in [-0.2, 0) is 4.79 Å². The summed E-state index contributed by atoms with van der Waals surface area (Å²) in [5.74, 6) is -0.515. The highest BCUT2D eigenvalue weighted by Gasteiger charge is 2.22. The molecular weight excluding hydrogens is 246 g/mol. The normalized spacial score (nSPS) is 13.7. The van der Waals surface area contributed by atoms with Gasteiger partial charge in [0, 0.05) is 6.20 Å². The van der Waals surface area contributed by atoms with Crippen molar-refractivity contribution in [1.82, 2.24) is 10.3 Å². The average Bonchev–Trinajstić information content (AvgIpc) is 2.36. The van der Waals surface area contributed by atoms with Gasteiger partial charge in [0.05, 0.1) is 22.6 Å². The summed E-state index contributed by atoms with van der Waals surface area (Å²) in [5, 5.41) is 2.89. The van der Waals surface area contributed by atoms with E-state index in [9.17, 15) is 4.79 Å². The minimum absolute atomic E-state index is 0.123. The summed E-state index contributed by atoms with van der Waals surface area (Å²) in [4.78, 5) is 16.5. The van der Waals surface area contributed by atoms with Crippen molar-refractivity contribution in [2.45, 2.75) is 32.7 Å². The van der Waals surface area contributed by atoms with E-state index in [1.165, 1.54) is 0 Å². The van der Waals surface area contributed by atoms with Crippen LogP contribution in [0.5, 0.6) is 0 Å². The van der Waals surface area contributed by atoms with Crippen LogP contribution in [0.3, 0.4) is 0 Å². The van der Waals surface area contributed by atoms with Gasteiger partial charge in [-0.3, -0.25) is 9.78 Å². The van der Waals surface area contributed by atoms with Crippen LogP contribution in [-0.4, -0.2) is 15.9 Å². The molecule has 0 bridgehead atoms. The molecule has 0 aliphatic carbocycles. The zero-order valence-corrected chi connectivity index (χ0v) is 11.5. The summed E-state index contributed by atoms with van der Waals surface area (Å²) in [6.45, 7) is 3.89. The predicted octanol–water partition coefficient (Wildman–Crippen LogP) is 1.96. The van der Waals surface area contributed by atoms with Gasteiger partial charge < -0.3 is 11.1 Å². The summed E-state index contributed by atoms with van der Waals surface area (Å²) in [6.07, 6.45) is 3.25. The van der Waals surface area contributed by atoms with Crippen molar-refractivity contribution in [3.8, 4) is 0 Å². The zero-order chi connectivity index (χ0) is 13.5. The molecule has 5 heteroatoms. The number of carbonyl (C=O) groups is 1. The molecule has 2 unspecified atom stereocenters. The Morgan fingerprint density at radius 3 is 2.78 bits per heavy atom. The van der Waals surface area contributed by atoms with Crippen molar-refractivity contribution in [3.63, 3.8) is 0 Å². The number of rotatable bonds is 6. The van der Waals surface area contributed by atoms with Crippen LogP contribution in [0.15, 0.2) is 24.4 Å². The third-order valence-electron chi connectivity index (χ3n) is 2.73. The number of aromatic nitrogens is 1. The van der Waals surface area contributed by atoms with Crippen LogP contribution in [0.4, 0.5) is 0 Å². The molecule has 1 heterocycles. The summed E-state index contributed by atoms with van der Waals surface area (Å²) in [6, 6.07) is 5.46. The molecule has 0 spiro atoms. The maximum Gasteiger partial charge on any atom is 0.230 e. The first-order valence-electron chi connectivity index (χ1n) is 6.06. The number of nitrogens with one attached hydrogen (secondary N) is 1. The van der Waals surface area contributed by atoms with Gasteiger partial charge in [-0.2, -0.15) is 0 Å². The molecule has 0 aliphatic heterocycles. The van der Waals surface area contributed by atoms with Crippen molar-refractivity contribution in [2.75, 3.05) is 0 Å². The Hall–Kier alpha value is -1.49. The molecule has 0 aromatic carbocycles. The average molecular weight is 265 g/mol. The van der Waals surface area contributed by atoms with Crippen LogP contribution in [0.2, 0.25) is 0 Å². The summed E-state index contributed by atoms with van der Waals surface area (Å²) in [7, 11) is 0. The fourth-order valence-corrected chi connectivity index (χ4v) is 1.94. The molecule has 98 valence electrons. The monoisotopic (exact) mass is 265 g/mol. The van der Waals surface area contributed by atoms with E-state index in [1.807, 2.05) is 32.0 Å². The number of nitrogens with two attached hydrogens (primary N) is 1. The van der Waals surface area contributed by atoms with E-state index in [0.717, 1.165) is 12.1 Å². The highest BCUT2D eigenvalue weighted by molar-refractivity contribution is 7.80. The lowest BCUT2D eigenvalue weighted by atomic mass is 10.0. The molecular formula is C13H19N3OS. The Morgan fingerprint density at radius 2 is 2.28 bits per heavy atom. The largest absolute Gasteiger partial charge is 0.393 e. The molecule has 1 amide bonds. The number of nitrogens with zero attached hydrogens (tertiary/aromatic N) is 1. The van der Waals surface area contributed by atoms with Crippen molar-refractivity contribution in [1.29, 1.82) is 0 Å². The standard InChI is InChI=1S/C13H19N3OS/c1-3-6-10(12(14)18)13(17)16-9(2)11-7-4-5-8-15-11/h4-5,7-10H,3,6H2,1-2H3,(H2,14,18)(H,16,17). The predicted molar refractivity (Wildman–Crippen MR) is 76.0 cm³/mol. The van der Waals surface area contributed by atoms with E-state index < -0.39 is 5.92 Å². The van der Waals surface area contributed by atoms with Crippen LogP contribution < -0.4 is 11.1 Å². The minimum Gasteiger partial charge on any atom is -0.393 e. The lowest BCUT2D eigenvalue weighted by Gasteiger charge is -2.18. The number of hydrogen-bond donors (Lipinski definition) is 2. The molecule has 0 saturated heterocycles. The Kier molecular flexibility index (Phi) is 5.71. The topological polar surface area (TPSA) is 68.0 Å². The summed E-state index contributed by atoms with van der Waals surface area (Å²) < 4.78 is 0. The van der Waals surface area contributed by atoms with Gasteiger partial charge in [-0.15, -0.1) is 0 Å². The third-order valence-corrected chi connectivity index (χ3v) is 3.01. The van der Waals surface area contributed by atoms with Crippen molar-refractivity contribution >= 4 is 23.1 Å². The second-order valence-corrected chi connectivity index (χ2v) is 4.70. The molecule has 1 aromatic rings. The van der Waals surface area contributed by atoms with Gasteiger partial charge in [0.2, 0.25) is 5.91 Å². The Balaban J connectivity index is 2.66. The lowest BCUT2D eigenvalue weighted by Crippen LogP contribution is -2.39. The SMILES string of the molecule is CCCC(C(=O)NC(C)c1ccccn1)C(N)=S. The first-order chi connectivity index (χ1) is 8.56. The fourth-order valence-electron chi connectivity index (χ4n) is 1.71. The van der Waals surface area contributed by atoms with Gasteiger partial charge in [-0.1, -0.05) is 31.6 Å². The molecule has 1 aromatic heterocycles. The first kappa shape index (κ1) is 14.6. The molecule has 0 saturated carbocycles. The maximum absolute atomic E-state index is 12.1. The highest BCUT2D eigenvalue weighted by Crippen LogP contribution is 2.12. The minimum atomic E-state index is -0.392. The van der Waals surface area contributed by atoms with Gasteiger partial charge in [-0.05, 0) is 25.5 Å². The molecule has 1 rings (SSSR count). The van der Waals surface area contributed by atoms with Crippen LogP contribution in [0.25, 0.3) is 0 Å². The van der Waals surface area contributed by atoms with E-state index in [1.54, 1.807) is 6.20 Å². The van der Waals surface area contributed by atoms with Crippen LogP contribution in [0.1, 0.15) is 38.4 Å². The number of hydrogen-bond acceptors (Lipinski definition) is 3. The molecule has 18 heavy (non-hydrogen) atoms. The maximum atomic E-state index is 12.1. The number of amides is 1. The second-order valence-electron chi connectivity index (χ2n) is 4.23. The van der Waals surface area contributed by atoms with Crippen LogP contribution >= 0.6 is 12.2 Å². The number of pyridine rings is 1. The summed E-state index contributed by atoms with van der Waals surface area (Å²) in [5.41, 5.74) is 6.42. The Labute approximate surface area is 113 Å². The zero-order valence-electron chi connectivity index (χ0n) is 10.7. The molecule has 4 nitrogen and oxygen atoms in total.